The summed E-state index contributed by atoms with van der Waals surface area (Å²) in [5.74, 6) is -4.42. The zero-order chi connectivity index (χ0) is 34.5. The molecule has 1 fully saturated rings. The van der Waals surface area contributed by atoms with E-state index in [0.717, 1.165) is 0 Å². The standard InChI is InChI=1S/C37H43NO9/c1-22-15-16-36(6,7)31(41)19-30(45-35(43)28-14-11-17-38-21-28)23(2)18-29-32(46-34(42)27-12-9-8-10-13-27)24(3)20-37(29,47-26(5)40)33(22)44-25(4)39/h8-18,21-22,24,29-30,32-33H,19-20H2,1-7H3/b16-15+,23-18+/t22-,24+,29+,30-,32+,33-,37-/m1/s1. The summed E-state index contributed by atoms with van der Waals surface area (Å²) >= 11 is 0. The van der Waals surface area contributed by atoms with E-state index in [4.69, 9.17) is 18.9 Å². The largest absolute Gasteiger partial charge is 0.458 e. The molecule has 0 N–H and O–H groups in total. The lowest BCUT2D eigenvalue weighted by molar-refractivity contribution is -0.195. The molecule has 4 rings (SSSR count). The third-order valence-electron chi connectivity index (χ3n) is 8.96. The van der Waals surface area contributed by atoms with Crippen molar-refractivity contribution in [2.24, 2.45) is 23.2 Å². The number of carbonyl (C=O) groups is 5. The van der Waals surface area contributed by atoms with Crippen LogP contribution in [-0.4, -0.2) is 58.6 Å². The van der Waals surface area contributed by atoms with Gasteiger partial charge in [-0.3, -0.25) is 19.4 Å². The SMILES string of the molecule is CC(=O)O[C@@H]1[C@H](C)/C=C/C(C)(C)C(=O)C[C@@H](OC(=O)c2cccnc2)/C(C)=C/[C@H]2[C@@H](OC(=O)c3ccccc3)[C@@H](C)C[C@]12OC(C)=O. The van der Waals surface area contributed by atoms with Crippen LogP contribution in [0.1, 0.15) is 82.0 Å². The van der Waals surface area contributed by atoms with Crippen LogP contribution in [0.3, 0.4) is 0 Å². The van der Waals surface area contributed by atoms with Crippen molar-refractivity contribution in [1.82, 2.24) is 4.98 Å². The molecule has 1 saturated carbocycles. The first-order chi connectivity index (χ1) is 22.1. The first-order valence-electron chi connectivity index (χ1n) is 15.8. The number of hydrogen-bond donors (Lipinski definition) is 0. The Balaban J connectivity index is 1.92. The number of fused-ring (bicyclic) bond motifs is 1. The van der Waals surface area contributed by atoms with Crippen LogP contribution in [0.4, 0.5) is 0 Å². The van der Waals surface area contributed by atoms with Crippen LogP contribution in [-0.2, 0) is 33.3 Å². The van der Waals surface area contributed by atoms with E-state index >= 15 is 0 Å². The summed E-state index contributed by atoms with van der Waals surface area (Å²) in [4.78, 5) is 70.0. The molecule has 1 aromatic heterocycles. The van der Waals surface area contributed by atoms with Crippen molar-refractivity contribution in [3.8, 4) is 0 Å². The number of Topliss-reactive ketones (excluding diaryl/α,β-unsaturated/α-hetero) is 1. The molecule has 250 valence electrons. The van der Waals surface area contributed by atoms with Crippen LogP contribution in [0.5, 0.6) is 0 Å². The zero-order valence-corrected chi connectivity index (χ0v) is 27.9. The summed E-state index contributed by atoms with van der Waals surface area (Å²) in [7, 11) is 0. The van der Waals surface area contributed by atoms with Gasteiger partial charge in [0.25, 0.3) is 0 Å². The molecule has 2 aliphatic carbocycles. The van der Waals surface area contributed by atoms with Gasteiger partial charge >= 0.3 is 23.9 Å². The highest BCUT2D eigenvalue weighted by Crippen LogP contribution is 2.51. The molecule has 1 heterocycles. The number of rotatable bonds is 6. The van der Waals surface area contributed by atoms with Gasteiger partial charge in [0, 0.05) is 44.0 Å². The molecule has 0 spiro atoms. The summed E-state index contributed by atoms with van der Waals surface area (Å²) < 4.78 is 24.3. The Bertz CT molecular complexity index is 1550. The van der Waals surface area contributed by atoms with Crippen LogP contribution in [0, 0.1) is 23.2 Å². The summed E-state index contributed by atoms with van der Waals surface area (Å²) in [5, 5.41) is 0. The molecule has 47 heavy (non-hydrogen) atoms. The number of aromatic nitrogens is 1. The zero-order valence-electron chi connectivity index (χ0n) is 27.9. The van der Waals surface area contributed by atoms with Crippen LogP contribution in [0.25, 0.3) is 0 Å². The van der Waals surface area contributed by atoms with Gasteiger partial charge in [0.1, 0.15) is 24.1 Å². The average Bonchev–Trinajstić information content (AvgIpc) is 3.27. The summed E-state index contributed by atoms with van der Waals surface area (Å²) in [5.41, 5.74) is -1.46. The molecular weight excluding hydrogens is 602 g/mol. The van der Waals surface area contributed by atoms with Crippen LogP contribution >= 0.6 is 0 Å². The summed E-state index contributed by atoms with van der Waals surface area (Å²) in [6, 6.07) is 11.7. The second-order valence-electron chi connectivity index (χ2n) is 13.1. The topological polar surface area (TPSA) is 135 Å². The van der Waals surface area contributed by atoms with Gasteiger partial charge in [0.05, 0.1) is 17.0 Å². The Morgan fingerprint density at radius 1 is 0.872 bits per heavy atom. The highest BCUT2D eigenvalue weighted by atomic mass is 16.6. The van der Waals surface area contributed by atoms with Crippen LogP contribution in [0.2, 0.25) is 0 Å². The highest BCUT2D eigenvalue weighted by Gasteiger charge is 2.62. The van der Waals surface area contributed by atoms with Gasteiger partial charge in [-0.2, -0.15) is 0 Å². The van der Waals surface area contributed by atoms with Crippen molar-refractivity contribution in [3.05, 3.63) is 89.8 Å². The number of allylic oxidation sites excluding steroid dienone is 1. The lowest BCUT2D eigenvalue weighted by Crippen LogP contribution is -2.55. The predicted octanol–water partition coefficient (Wildman–Crippen LogP) is 5.86. The van der Waals surface area contributed by atoms with Crippen molar-refractivity contribution in [1.29, 1.82) is 0 Å². The minimum absolute atomic E-state index is 0.148. The van der Waals surface area contributed by atoms with Gasteiger partial charge < -0.3 is 18.9 Å². The number of esters is 4. The quantitative estimate of drug-likeness (QED) is 0.214. The number of nitrogens with zero attached hydrogens (tertiary/aromatic N) is 1. The minimum Gasteiger partial charge on any atom is -0.458 e. The van der Waals surface area contributed by atoms with Crippen LogP contribution in [0.15, 0.2) is 78.7 Å². The number of pyridine rings is 1. The van der Waals surface area contributed by atoms with Crippen molar-refractivity contribution in [3.63, 3.8) is 0 Å². The number of hydrogen-bond acceptors (Lipinski definition) is 10. The Morgan fingerprint density at radius 3 is 2.15 bits per heavy atom. The Kier molecular flexibility index (Phi) is 10.8. The molecular formula is C37H43NO9. The fourth-order valence-corrected chi connectivity index (χ4v) is 6.54. The number of carbonyl (C=O) groups excluding carboxylic acids is 5. The van der Waals surface area contributed by atoms with E-state index in [1.807, 2.05) is 13.8 Å². The summed E-state index contributed by atoms with van der Waals surface area (Å²) in [6.07, 6.45) is 5.29. The van der Waals surface area contributed by atoms with Crippen molar-refractivity contribution < 1.29 is 42.9 Å². The van der Waals surface area contributed by atoms with E-state index in [0.29, 0.717) is 11.1 Å². The van der Waals surface area contributed by atoms with E-state index in [1.54, 1.807) is 81.5 Å². The number of ether oxygens (including phenoxy) is 4. The molecule has 2 aliphatic rings. The first kappa shape index (κ1) is 35.3. The monoisotopic (exact) mass is 645 g/mol. The molecule has 0 radical (unpaired) electrons. The molecule has 10 heteroatoms. The molecule has 10 nitrogen and oxygen atoms in total. The summed E-state index contributed by atoms with van der Waals surface area (Å²) in [6.45, 7) is 11.5. The predicted molar refractivity (Wildman–Crippen MR) is 172 cm³/mol. The van der Waals surface area contributed by atoms with Gasteiger partial charge in [0.2, 0.25) is 0 Å². The third-order valence-corrected chi connectivity index (χ3v) is 8.96. The Labute approximate surface area is 275 Å². The molecule has 0 bridgehead atoms. The normalized spacial score (nSPS) is 30.6. The maximum Gasteiger partial charge on any atom is 0.340 e. The van der Waals surface area contributed by atoms with Gasteiger partial charge in [0.15, 0.2) is 5.60 Å². The smallest absolute Gasteiger partial charge is 0.340 e. The second kappa shape index (κ2) is 14.4. The average molecular weight is 646 g/mol. The van der Waals surface area contributed by atoms with E-state index in [9.17, 15) is 24.0 Å². The minimum atomic E-state index is -1.49. The molecule has 0 saturated heterocycles. The maximum absolute atomic E-state index is 13.7. The maximum atomic E-state index is 13.7. The van der Waals surface area contributed by atoms with Gasteiger partial charge in [-0.05, 0) is 62.9 Å². The van der Waals surface area contributed by atoms with Crippen molar-refractivity contribution in [2.45, 2.75) is 85.2 Å². The van der Waals surface area contributed by atoms with E-state index in [2.05, 4.69) is 4.98 Å². The highest BCUT2D eigenvalue weighted by molar-refractivity contribution is 5.91. The second-order valence-corrected chi connectivity index (χ2v) is 13.1. The first-order valence-corrected chi connectivity index (χ1v) is 15.8. The molecule has 7 atom stereocenters. The third kappa shape index (κ3) is 8.04. The fourth-order valence-electron chi connectivity index (χ4n) is 6.54. The molecule has 0 unspecified atom stereocenters. The van der Waals surface area contributed by atoms with Gasteiger partial charge in [-0.25, -0.2) is 9.59 Å². The molecule has 0 aliphatic heterocycles. The van der Waals surface area contributed by atoms with Crippen molar-refractivity contribution in [2.75, 3.05) is 0 Å². The van der Waals surface area contributed by atoms with Gasteiger partial charge in [-0.1, -0.05) is 50.3 Å². The van der Waals surface area contributed by atoms with Crippen LogP contribution < -0.4 is 0 Å². The lowest BCUT2D eigenvalue weighted by Gasteiger charge is -2.43. The van der Waals surface area contributed by atoms with Gasteiger partial charge in [-0.15, -0.1) is 0 Å². The molecule has 1 aromatic carbocycles. The number of benzene rings is 1. The van der Waals surface area contributed by atoms with Crippen molar-refractivity contribution >= 4 is 29.7 Å². The Morgan fingerprint density at radius 2 is 1.53 bits per heavy atom. The lowest BCUT2D eigenvalue weighted by atomic mass is 9.75. The fraction of sp³-hybridized carbons (Fsp3) is 0.459. The number of ketones is 1. The molecule has 0 amide bonds. The molecule has 2 aromatic rings. The Hall–Kier alpha value is -4.60. The van der Waals surface area contributed by atoms with E-state index in [1.165, 1.54) is 26.2 Å². The van der Waals surface area contributed by atoms with E-state index in [-0.39, 0.29) is 30.1 Å². The van der Waals surface area contributed by atoms with E-state index < -0.39 is 65.0 Å².